The minimum absolute atomic E-state index is 0.291. The summed E-state index contributed by atoms with van der Waals surface area (Å²) in [6.07, 6.45) is 5.37. The molecule has 2 aromatic heterocycles. The summed E-state index contributed by atoms with van der Waals surface area (Å²) in [5.41, 5.74) is 1.15. The number of hydrogen-bond donors (Lipinski definition) is 2. The van der Waals surface area contributed by atoms with Gasteiger partial charge in [-0.1, -0.05) is 28.4 Å². The first-order valence-corrected chi connectivity index (χ1v) is 7.95. The van der Waals surface area contributed by atoms with Crippen LogP contribution in [0.4, 0.5) is 0 Å². The molecule has 1 aromatic carbocycles. The van der Waals surface area contributed by atoms with E-state index in [0.717, 1.165) is 5.69 Å². The molecule has 124 valence electrons. The van der Waals surface area contributed by atoms with Gasteiger partial charge < -0.3 is 10.3 Å². The highest BCUT2D eigenvalue weighted by molar-refractivity contribution is 6.35. The third kappa shape index (κ3) is 3.44. The van der Waals surface area contributed by atoms with E-state index in [9.17, 15) is 4.79 Å². The summed E-state index contributed by atoms with van der Waals surface area (Å²) in [6.45, 7) is 3.70. The monoisotopic (exact) mass is 363 g/mol. The molecule has 0 aliphatic heterocycles. The molecular weight excluding hydrogens is 349 g/mol. The molecule has 0 spiro atoms. The molecule has 0 fully saturated rings. The Kier molecular flexibility index (Phi) is 4.34. The van der Waals surface area contributed by atoms with Crippen LogP contribution in [0.5, 0.6) is 0 Å². The van der Waals surface area contributed by atoms with Crippen LogP contribution in [0.15, 0.2) is 42.9 Å². The van der Waals surface area contributed by atoms with Crippen LogP contribution in [-0.4, -0.2) is 25.9 Å². The van der Waals surface area contributed by atoms with E-state index < -0.39 is 5.54 Å². The number of nitrogens with zero attached hydrogens (tertiary/aromatic N) is 3. The molecule has 3 rings (SSSR count). The number of aromatic amines is 1. The van der Waals surface area contributed by atoms with Crippen LogP contribution in [0.2, 0.25) is 10.0 Å². The molecule has 2 heterocycles. The van der Waals surface area contributed by atoms with Crippen LogP contribution in [0.3, 0.4) is 0 Å². The molecular formula is C16H15Cl2N5O. The van der Waals surface area contributed by atoms with Crippen LogP contribution < -0.4 is 5.32 Å². The number of benzene rings is 1. The molecule has 8 heteroatoms. The third-order valence-corrected chi connectivity index (χ3v) is 3.97. The van der Waals surface area contributed by atoms with Crippen molar-refractivity contribution in [3.8, 4) is 5.69 Å². The molecule has 0 unspecified atom stereocenters. The predicted molar refractivity (Wildman–Crippen MR) is 92.7 cm³/mol. The standard InChI is InChI=1S/C16H15Cl2N5O/c1-16(2,14-9-23(22-21-14)13-3-4-19-8-13)20-15(24)10-5-11(17)7-12(18)6-10/h3-9,19H,1-2H3,(H,20,24). The summed E-state index contributed by atoms with van der Waals surface area (Å²) in [5.74, 6) is -0.291. The maximum absolute atomic E-state index is 12.5. The summed E-state index contributed by atoms with van der Waals surface area (Å²) in [4.78, 5) is 15.4. The first-order chi connectivity index (χ1) is 11.3. The van der Waals surface area contributed by atoms with E-state index in [1.165, 1.54) is 0 Å². The molecule has 0 aliphatic rings. The van der Waals surface area contributed by atoms with E-state index in [4.69, 9.17) is 23.2 Å². The molecule has 0 radical (unpaired) electrons. The van der Waals surface area contributed by atoms with Gasteiger partial charge in [0.2, 0.25) is 0 Å². The maximum Gasteiger partial charge on any atom is 0.252 e. The van der Waals surface area contributed by atoms with Gasteiger partial charge >= 0.3 is 0 Å². The first kappa shape index (κ1) is 16.5. The minimum Gasteiger partial charge on any atom is -0.366 e. The van der Waals surface area contributed by atoms with Gasteiger partial charge in [-0.05, 0) is 38.1 Å². The van der Waals surface area contributed by atoms with Crippen LogP contribution >= 0.6 is 23.2 Å². The quantitative estimate of drug-likeness (QED) is 0.743. The zero-order valence-electron chi connectivity index (χ0n) is 13.0. The Balaban J connectivity index is 1.81. The Morgan fingerprint density at radius 3 is 2.58 bits per heavy atom. The second-order valence-corrected chi connectivity index (χ2v) is 6.73. The van der Waals surface area contributed by atoms with E-state index in [1.54, 1.807) is 41.5 Å². The molecule has 6 nitrogen and oxygen atoms in total. The number of aromatic nitrogens is 4. The first-order valence-electron chi connectivity index (χ1n) is 7.20. The van der Waals surface area contributed by atoms with Crippen molar-refractivity contribution in [3.05, 3.63) is 64.2 Å². The van der Waals surface area contributed by atoms with Gasteiger partial charge in [0, 0.05) is 28.0 Å². The minimum atomic E-state index is -0.722. The Hall–Kier alpha value is -2.31. The normalized spacial score (nSPS) is 11.5. The van der Waals surface area contributed by atoms with Gasteiger partial charge in [-0.2, -0.15) is 0 Å². The summed E-state index contributed by atoms with van der Waals surface area (Å²) >= 11 is 11.9. The number of hydrogen-bond acceptors (Lipinski definition) is 3. The van der Waals surface area contributed by atoms with Crippen LogP contribution in [0.1, 0.15) is 29.9 Å². The number of H-pyrrole nitrogens is 1. The fourth-order valence-electron chi connectivity index (χ4n) is 2.24. The summed E-state index contributed by atoms with van der Waals surface area (Å²) in [6, 6.07) is 6.58. The highest BCUT2D eigenvalue weighted by Gasteiger charge is 2.27. The van der Waals surface area contributed by atoms with E-state index in [-0.39, 0.29) is 5.91 Å². The fourth-order valence-corrected chi connectivity index (χ4v) is 2.76. The van der Waals surface area contributed by atoms with Crippen LogP contribution in [-0.2, 0) is 5.54 Å². The molecule has 1 amide bonds. The fraction of sp³-hybridized carbons (Fsp3) is 0.188. The van der Waals surface area contributed by atoms with Crippen molar-refractivity contribution in [2.45, 2.75) is 19.4 Å². The molecule has 0 saturated heterocycles. The van der Waals surface area contributed by atoms with Gasteiger partial charge in [0.1, 0.15) is 5.69 Å². The molecule has 3 aromatic rings. The Morgan fingerprint density at radius 2 is 1.96 bits per heavy atom. The number of amides is 1. The molecule has 0 atom stereocenters. The predicted octanol–water partition coefficient (Wildman–Crippen LogP) is 3.57. The lowest BCUT2D eigenvalue weighted by Gasteiger charge is -2.23. The highest BCUT2D eigenvalue weighted by Crippen LogP contribution is 2.22. The van der Waals surface area contributed by atoms with Crippen LogP contribution in [0, 0.1) is 0 Å². The zero-order chi connectivity index (χ0) is 17.3. The molecule has 0 saturated carbocycles. The van der Waals surface area contributed by atoms with Gasteiger partial charge in [-0.15, -0.1) is 5.10 Å². The van der Waals surface area contributed by atoms with E-state index >= 15 is 0 Å². The second-order valence-electron chi connectivity index (χ2n) is 5.85. The lowest BCUT2D eigenvalue weighted by molar-refractivity contribution is 0.0910. The van der Waals surface area contributed by atoms with Gasteiger partial charge in [0.25, 0.3) is 5.91 Å². The van der Waals surface area contributed by atoms with Gasteiger partial charge in [-0.25, -0.2) is 4.68 Å². The van der Waals surface area contributed by atoms with E-state index in [0.29, 0.717) is 21.3 Å². The summed E-state index contributed by atoms with van der Waals surface area (Å²) in [7, 11) is 0. The molecule has 24 heavy (non-hydrogen) atoms. The number of nitrogens with one attached hydrogen (secondary N) is 2. The topological polar surface area (TPSA) is 75.6 Å². The van der Waals surface area contributed by atoms with Crippen molar-refractivity contribution in [2.75, 3.05) is 0 Å². The van der Waals surface area contributed by atoms with Crippen molar-refractivity contribution in [2.24, 2.45) is 0 Å². The van der Waals surface area contributed by atoms with Crippen LogP contribution in [0.25, 0.3) is 5.69 Å². The molecule has 2 N–H and O–H groups in total. The third-order valence-electron chi connectivity index (χ3n) is 3.53. The molecule has 0 aliphatic carbocycles. The van der Waals surface area contributed by atoms with Crippen molar-refractivity contribution >= 4 is 29.1 Å². The average Bonchev–Trinajstić information content (AvgIpc) is 3.17. The Bertz CT molecular complexity index is 850. The van der Waals surface area contributed by atoms with Crippen molar-refractivity contribution < 1.29 is 4.79 Å². The SMILES string of the molecule is CC(C)(NC(=O)c1cc(Cl)cc(Cl)c1)c1cn(-c2cc[nH]c2)nn1. The molecule has 0 bridgehead atoms. The summed E-state index contributed by atoms with van der Waals surface area (Å²) in [5, 5.41) is 12.0. The van der Waals surface area contributed by atoms with Gasteiger partial charge in [-0.3, -0.25) is 4.79 Å². The van der Waals surface area contributed by atoms with Gasteiger partial charge in [0.15, 0.2) is 0 Å². The van der Waals surface area contributed by atoms with E-state index in [1.807, 2.05) is 19.9 Å². The van der Waals surface area contributed by atoms with Crippen molar-refractivity contribution in [3.63, 3.8) is 0 Å². The average molecular weight is 364 g/mol. The second kappa shape index (κ2) is 6.30. The summed E-state index contributed by atoms with van der Waals surface area (Å²) < 4.78 is 1.63. The number of carbonyl (C=O) groups is 1. The van der Waals surface area contributed by atoms with E-state index in [2.05, 4.69) is 20.6 Å². The van der Waals surface area contributed by atoms with Crippen molar-refractivity contribution in [1.29, 1.82) is 0 Å². The number of rotatable bonds is 4. The number of carbonyl (C=O) groups excluding carboxylic acids is 1. The Labute approximate surface area is 148 Å². The zero-order valence-corrected chi connectivity index (χ0v) is 14.6. The smallest absolute Gasteiger partial charge is 0.252 e. The largest absolute Gasteiger partial charge is 0.366 e. The highest BCUT2D eigenvalue weighted by atomic mass is 35.5. The van der Waals surface area contributed by atoms with Crippen molar-refractivity contribution in [1.82, 2.24) is 25.3 Å². The Morgan fingerprint density at radius 1 is 1.25 bits per heavy atom. The number of halogens is 2. The lowest BCUT2D eigenvalue weighted by atomic mass is 10.0. The lowest BCUT2D eigenvalue weighted by Crippen LogP contribution is -2.41. The van der Waals surface area contributed by atoms with Gasteiger partial charge in [0.05, 0.1) is 17.4 Å². The maximum atomic E-state index is 12.5.